The molecule has 0 bridgehead atoms. The SMILES string of the molecule is CC(CN)NCCC1C=CCC1. The molecular formula is C10H20N2. The molecule has 0 fully saturated rings. The van der Waals surface area contributed by atoms with Gasteiger partial charge in [0.2, 0.25) is 0 Å². The van der Waals surface area contributed by atoms with Crippen molar-refractivity contribution in [2.75, 3.05) is 13.1 Å². The molecule has 12 heavy (non-hydrogen) atoms. The predicted octanol–water partition coefficient (Wildman–Crippen LogP) is 1.28. The number of nitrogens with one attached hydrogen (secondary N) is 1. The molecule has 0 aromatic rings. The van der Waals surface area contributed by atoms with Crippen LogP contribution in [0.2, 0.25) is 0 Å². The summed E-state index contributed by atoms with van der Waals surface area (Å²) < 4.78 is 0. The predicted molar refractivity (Wildman–Crippen MR) is 53.0 cm³/mol. The Morgan fingerprint density at radius 1 is 1.67 bits per heavy atom. The van der Waals surface area contributed by atoms with Crippen molar-refractivity contribution in [1.82, 2.24) is 5.32 Å². The van der Waals surface area contributed by atoms with E-state index in [1.807, 2.05) is 0 Å². The van der Waals surface area contributed by atoms with E-state index in [-0.39, 0.29) is 0 Å². The van der Waals surface area contributed by atoms with Gasteiger partial charge in [0.25, 0.3) is 0 Å². The molecule has 3 N–H and O–H groups in total. The number of hydrogen-bond acceptors (Lipinski definition) is 2. The molecular weight excluding hydrogens is 148 g/mol. The lowest BCUT2D eigenvalue weighted by molar-refractivity contribution is 0.491. The maximum atomic E-state index is 5.49. The molecule has 2 atom stereocenters. The summed E-state index contributed by atoms with van der Waals surface area (Å²) in [5.41, 5.74) is 5.49. The Balaban J connectivity index is 1.98. The van der Waals surface area contributed by atoms with Gasteiger partial charge in [-0.1, -0.05) is 12.2 Å². The molecule has 0 radical (unpaired) electrons. The molecule has 70 valence electrons. The van der Waals surface area contributed by atoms with Gasteiger partial charge in [0.15, 0.2) is 0 Å². The minimum absolute atomic E-state index is 0.468. The van der Waals surface area contributed by atoms with Gasteiger partial charge in [0.1, 0.15) is 0 Å². The van der Waals surface area contributed by atoms with Crippen LogP contribution >= 0.6 is 0 Å². The molecule has 1 aliphatic carbocycles. The van der Waals surface area contributed by atoms with Crippen LogP contribution in [0.5, 0.6) is 0 Å². The third-order valence-corrected chi connectivity index (χ3v) is 2.47. The Labute approximate surface area is 75.2 Å². The molecule has 0 spiro atoms. The van der Waals surface area contributed by atoms with Crippen LogP contribution in [0.4, 0.5) is 0 Å². The van der Waals surface area contributed by atoms with Crippen LogP contribution in [-0.4, -0.2) is 19.1 Å². The average molecular weight is 168 g/mol. The van der Waals surface area contributed by atoms with Gasteiger partial charge in [-0.3, -0.25) is 0 Å². The van der Waals surface area contributed by atoms with Crippen molar-refractivity contribution in [3.8, 4) is 0 Å². The molecule has 1 aliphatic rings. The number of allylic oxidation sites excluding steroid dienone is 2. The van der Waals surface area contributed by atoms with E-state index < -0.39 is 0 Å². The van der Waals surface area contributed by atoms with Gasteiger partial charge >= 0.3 is 0 Å². The summed E-state index contributed by atoms with van der Waals surface area (Å²) in [6.07, 6.45) is 8.52. The van der Waals surface area contributed by atoms with E-state index in [1.54, 1.807) is 0 Å². The zero-order chi connectivity index (χ0) is 8.81. The summed E-state index contributed by atoms with van der Waals surface area (Å²) in [4.78, 5) is 0. The van der Waals surface area contributed by atoms with E-state index in [2.05, 4.69) is 24.4 Å². The van der Waals surface area contributed by atoms with Gasteiger partial charge < -0.3 is 11.1 Å². The topological polar surface area (TPSA) is 38.0 Å². The molecule has 0 aromatic heterocycles. The van der Waals surface area contributed by atoms with Gasteiger partial charge in [-0.25, -0.2) is 0 Å². The highest BCUT2D eigenvalue weighted by molar-refractivity contribution is 4.96. The Morgan fingerprint density at radius 3 is 3.08 bits per heavy atom. The Hall–Kier alpha value is -0.340. The summed E-state index contributed by atoms with van der Waals surface area (Å²) in [5, 5.41) is 3.40. The molecule has 0 amide bonds. The first-order valence-electron chi connectivity index (χ1n) is 4.93. The van der Waals surface area contributed by atoms with E-state index in [1.165, 1.54) is 19.3 Å². The molecule has 0 heterocycles. The van der Waals surface area contributed by atoms with Crippen LogP contribution in [0, 0.1) is 5.92 Å². The molecule has 0 saturated carbocycles. The summed E-state index contributed by atoms with van der Waals surface area (Å²) in [5.74, 6) is 0.822. The van der Waals surface area contributed by atoms with E-state index in [4.69, 9.17) is 5.73 Å². The molecule has 2 heteroatoms. The van der Waals surface area contributed by atoms with Gasteiger partial charge in [-0.15, -0.1) is 0 Å². The highest BCUT2D eigenvalue weighted by Crippen LogP contribution is 2.19. The fourth-order valence-electron chi connectivity index (χ4n) is 1.53. The van der Waals surface area contributed by atoms with Gasteiger partial charge in [0, 0.05) is 12.6 Å². The van der Waals surface area contributed by atoms with Crippen LogP contribution in [0.15, 0.2) is 12.2 Å². The minimum atomic E-state index is 0.468. The second kappa shape index (κ2) is 5.33. The lowest BCUT2D eigenvalue weighted by atomic mass is 10.1. The standard InChI is InChI=1S/C10H20N2/c1-9(8-11)12-7-6-10-4-2-3-5-10/h2,4,9-10,12H,3,5-8,11H2,1H3. The molecule has 2 nitrogen and oxygen atoms in total. The van der Waals surface area contributed by atoms with Crippen LogP contribution in [0.1, 0.15) is 26.2 Å². The number of hydrogen-bond donors (Lipinski definition) is 2. The summed E-state index contributed by atoms with van der Waals surface area (Å²) in [7, 11) is 0. The van der Waals surface area contributed by atoms with Crippen molar-refractivity contribution < 1.29 is 0 Å². The first-order valence-corrected chi connectivity index (χ1v) is 4.93. The molecule has 0 saturated heterocycles. The van der Waals surface area contributed by atoms with Crippen molar-refractivity contribution in [2.24, 2.45) is 11.7 Å². The van der Waals surface area contributed by atoms with Crippen molar-refractivity contribution in [3.63, 3.8) is 0 Å². The van der Waals surface area contributed by atoms with Gasteiger partial charge in [-0.2, -0.15) is 0 Å². The molecule has 0 aliphatic heterocycles. The van der Waals surface area contributed by atoms with Gasteiger partial charge in [0.05, 0.1) is 0 Å². The quantitative estimate of drug-likeness (QED) is 0.607. The van der Waals surface area contributed by atoms with Crippen LogP contribution < -0.4 is 11.1 Å². The first-order chi connectivity index (χ1) is 5.83. The molecule has 0 aromatic carbocycles. The largest absolute Gasteiger partial charge is 0.329 e. The van der Waals surface area contributed by atoms with E-state index in [0.717, 1.165) is 19.0 Å². The second-order valence-corrected chi connectivity index (χ2v) is 3.65. The highest BCUT2D eigenvalue weighted by Gasteiger charge is 2.08. The highest BCUT2D eigenvalue weighted by atomic mass is 14.9. The van der Waals surface area contributed by atoms with E-state index >= 15 is 0 Å². The van der Waals surface area contributed by atoms with Crippen molar-refractivity contribution in [2.45, 2.75) is 32.2 Å². The summed E-state index contributed by atoms with van der Waals surface area (Å²) in [6.45, 7) is 3.97. The minimum Gasteiger partial charge on any atom is -0.329 e. The van der Waals surface area contributed by atoms with E-state index in [0.29, 0.717) is 6.04 Å². The Bertz CT molecular complexity index is 143. The third-order valence-electron chi connectivity index (χ3n) is 2.47. The fourth-order valence-corrected chi connectivity index (χ4v) is 1.53. The number of nitrogens with two attached hydrogens (primary N) is 1. The van der Waals surface area contributed by atoms with Crippen molar-refractivity contribution in [3.05, 3.63) is 12.2 Å². The maximum Gasteiger partial charge on any atom is 0.0161 e. The Morgan fingerprint density at radius 2 is 2.50 bits per heavy atom. The maximum absolute atomic E-state index is 5.49. The average Bonchev–Trinajstić information content (AvgIpc) is 2.57. The van der Waals surface area contributed by atoms with Crippen LogP contribution in [0.3, 0.4) is 0 Å². The first kappa shape index (κ1) is 9.75. The Kier molecular flexibility index (Phi) is 4.33. The molecule has 2 unspecified atom stereocenters. The number of rotatable bonds is 5. The van der Waals surface area contributed by atoms with E-state index in [9.17, 15) is 0 Å². The fraction of sp³-hybridized carbons (Fsp3) is 0.800. The lowest BCUT2D eigenvalue weighted by Crippen LogP contribution is -2.34. The zero-order valence-electron chi connectivity index (χ0n) is 7.92. The normalized spacial score (nSPS) is 24.7. The van der Waals surface area contributed by atoms with Crippen LogP contribution in [0.25, 0.3) is 0 Å². The smallest absolute Gasteiger partial charge is 0.0161 e. The second-order valence-electron chi connectivity index (χ2n) is 3.65. The van der Waals surface area contributed by atoms with Crippen molar-refractivity contribution >= 4 is 0 Å². The third kappa shape index (κ3) is 3.37. The lowest BCUT2D eigenvalue weighted by Gasteiger charge is -2.12. The zero-order valence-corrected chi connectivity index (χ0v) is 7.92. The monoisotopic (exact) mass is 168 g/mol. The van der Waals surface area contributed by atoms with Gasteiger partial charge in [-0.05, 0) is 38.6 Å². The summed E-state index contributed by atoms with van der Waals surface area (Å²) in [6, 6.07) is 0.468. The molecule has 1 rings (SSSR count). The van der Waals surface area contributed by atoms with Crippen LogP contribution in [-0.2, 0) is 0 Å². The van der Waals surface area contributed by atoms with Crippen molar-refractivity contribution in [1.29, 1.82) is 0 Å². The summed E-state index contributed by atoms with van der Waals surface area (Å²) >= 11 is 0.